The molecule has 4 N–H and O–H groups in total. The van der Waals surface area contributed by atoms with Gasteiger partial charge in [-0.15, -0.1) is 0 Å². The molecule has 0 amide bonds. The molecule has 0 aliphatic heterocycles. The van der Waals surface area contributed by atoms with Gasteiger partial charge in [0, 0.05) is 12.6 Å². The Bertz CT molecular complexity index is 1340. The predicted octanol–water partition coefficient (Wildman–Crippen LogP) is 4.56. The van der Waals surface area contributed by atoms with E-state index in [1.165, 1.54) is 12.1 Å². The molecule has 0 heterocycles. The van der Waals surface area contributed by atoms with E-state index in [1.54, 1.807) is 26.4 Å². The Hall–Kier alpha value is -2.69. The van der Waals surface area contributed by atoms with Gasteiger partial charge < -0.3 is 25.0 Å². The Morgan fingerprint density at radius 3 is 2.22 bits per heavy atom. The van der Waals surface area contributed by atoms with Crippen LogP contribution in [0.5, 0.6) is 17.2 Å². The lowest BCUT2D eigenvalue weighted by atomic mass is 9.97. The molecule has 2 atom stereocenters. The first-order valence-electron chi connectivity index (χ1n) is 11.4. The van der Waals surface area contributed by atoms with E-state index in [-0.39, 0.29) is 30.4 Å². The number of benzene rings is 3. The van der Waals surface area contributed by atoms with Crippen LogP contribution < -0.4 is 19.5 Å². The zero-order valence-corrected chi connectivity index (χ0v) is 23.0. The summed E-state index contributed by atoms with van der Waals surface area (Å²) in [5, 5.41) is 25.1. The van der Waals surface area contributed by atoms with Gasteiger partial charge in [-0.3, -0.25) is 4.72 Å². The fraction of sp³-hybridized carbons (Fsp3) is 0.308. The molecule has 37 heavy (non-hydrogen) atoms. The molecule has 0 aliphatic carbocycles. The predicted molar refractivity (Wildman–Crippen MR) is 147 cm³/mol. The van der Waals surface area contributed by atoms with Crippen LogP contribution in [-0.2, 0) is 22.9 Å². The smallest absolute Gasteiger partial charge is 0.229 e. The van der Waals surface area contributed by atoms with Crippen molar-refractivity contribution in [2.24, 2.45) is 0 Å². The third-order valence-electron chi connectivity index (χ3n) is 5.66. The third kappa shape index (κ3) is 8.41. The van der Waals surface area contributed by atoms with Gasteiger partial charge in [0.05, 0.1) is 42.3 Å². The molecule has 0 aliphatic rings. The maximum Gasteiger partial charge on any atom is 0.229 e. The molecule has 0 radical (unpaired) electrons. The van der Waals surface area contributed by atoms with Gasteiger partial charge in [0.25, 0.3) is 0 Å². The van der Waals surface area contributed by atoms with Gasteiger partial charge in [0.1, 0.15) is 5.75 Å². The largest absolute Gasteiger partial charge is 0.506 e. The van der Waals surface area contributed by atoms with E-state index in [0.29, 0.717) is 33.5 Å². The van der Waals surface area contributed by atoms with E-state index in [4.69, 9.17) is 32.7 Å². The average molecular weight is 570 g/mol. The van der Waals surface area contributed by atoms with Crippen LogP contribution in [0.4, 0.5) is 5.69 Å². The topological polar surface area (TPSA) is 117 Å². The summed E-state index contributed by atoms with van der Waals surface area (Å²) in [6.07, 6.45) is 0.991. The van der Waals surface area contributed by atoms with Crippen LogP contribution in [0.3, 0.4) is 0 Å². The van der Waals surface area contributed by atoms with Gasteiger partial charge in [0.15, 0.2) is 11.5 Å². The van der Waals surface area contributed by atoms with Crippen molar-refractivity contribution in [3.63, 3.8) is 0 Å². The number of aliphatic hydroxyl groups is 1. The molecule has 3 aromatic carbocycles. The van der Waals surface area contributed by atoms with Crippen molar-refractivity contribution < 1.29 is 28.1 Å². The number of ether oxygens (including phenoxy) is 2. The number of sulfonamides is 1. The minimum absolute atomic E-state index is 0.0583. The summed E-state index contributed by atoms with van der Waals surface area (Å²) >= 11 is 12.3. The number of phenols is 1. The van der Waals surface area contributed by atoms with E-state index in [2.05, 4.69) is 10.0 Å². The molecule has 0 saturated carbocycles. The van der Waals surface area contributed by atoms with E-state index >= 15 is 0 Å². The van der Waals surface area contributed by atoms with Crippen LogP contribution in [-0.4, -0.2) is 51.8 Å². The summed E-state index contributed by atoms with van der Waals surface area (Å²) in [5.74, 6) is 0.985. The second kappa shape index (κ2) is 12.7. The van der Waals surface area contributed by atoms with Crippen LogP contribution in [0.15, 0.2) is 54.6 Å². The van der Waals surface area contributed by atoms with Crippen molar-refractivity contribution in [2.75, 3.05) is 31.7 Å². The fourth-order valence-corrected chi connectivity index (χ4v) is 4.78. The number of aliphatic hydroxyl groups excluding tert-OH is 1. The van der Waals surface area contributed by atoms with Crippen LogP contribution in [0.25, 0.3) is 0 Å². The zero-order chi connectivity index (χ0) is 27.2. The Morgan fingerprint density at radius 1 is 0.892 bits per heavy atom. The zero-order valence-electron chi connectivity index (χ0n) is 20.7. The number of hydrogen-bond donors (Lipinski definition) is 4. The van der Waals surface area contributed by atoms with Gasteiger partial charge in [-0.25, -0.2) is 8.42 Å². The van der Waals surface area contributed by atoms with E-state index in [0.717, 1.165) is 17.4 Å². The molecule has 3 aromatic rings. The maximum absolute atomic E-state index is 11.6. The summed E-state index contributed by atoms with van der Waals surface area (Å²) in [5.41, 5.74) is 2.58. The molecular weight excluding hydrogens is 539 g/mol. The van der Waals surface area contributed by atoms with Crippen molar-refractivity contribution in [3.8, 4) is 17.2 Å². The number of methoxy groups -OCH3 is 2. The highest BCUT2D eigenvalue weighted by Gasteiger charge is 2.18. The maximum atomic E-state index is 11.6. The van der Waals surface area contributed by atoms with Crippen LogP contribution in [0.1, 0.15) is 22.7 Å². The van der Waals surface area contributed by atoms with Gasteiger partial charge in [-0.2, -0.15) is 0 Å². The number of rotatable bonds is 12. The van der Waals surface area contributed by atoms with Crippen LogP contribution >= 0.6 is 23.2 Å². The number of anilines is 1. The number of aromatic hydroxyl groups is 1. The van der Waals surface area contributed by atoms with Crippen molar-refractivity contribution in [3.05, 3.63) is 81.3 Å². The lowest BCUT2D eigenvalue weighted by molar-refractivity contribution is 0.167. The highest BCUT2D eigenvalue weighted by Crippen LogP contribution is 2.32. The molecule has 3 rings (SSSR count). The average Bonchev–Trinajstić information content (AvgIpc) is 2.84. The highest BCUT2D eigenvalue weighted by molar-refractivity contribution is 7.92. The summed E-state index contributed by atoms with van der Waals surface area (Å²) < 4.78 is 36.2. The summed E-state index contributed by atoms with van der Waals surface area (Å²) in [6, 6.07) is 15.4. The second-order valence-electron chi connectivity index (χ2n) is 8.61. The molecule has 0 aromatic heterocycles. The number of halogens is 2. The standard InChI is InChI=1S/C26H30Cl2N2O6S/c1-35-25-9-6-18(14-26(25)36-2)22(12-17-4-7-20(27)21(28)11-17)29-15-19(31)10-16-5-8-24(32)23(13-16)30-37(3,33)34/h4-9,11,13-14,19,22,29-32H,10,12,15H2,1-3H3. The van der Waals surface area contributed by atoms with Crippen molar-refractivity contribution in [1.29, 1.82) is 0 Å². The lowest BCUT2D eigenvalue weighted by Crippen LogP contribution is -2.32. The first-order chi connectivity index (χ1) is 17.5. The number of hydrogen-bond acceptors (Lipinski definition) is 7. The molecule has 8 nitrogen and oxygen atoms in total. The molecule has 11 heteroatoms. The number of nitrogens with one attached hydrogen (secondary N) is 2. The van der Waals surface area contributed by atoms with Gasteiger partial charge in [-0.05, 0) is 65.9 Å². The van der Waals surface area contributed by atoms with Gasteiger partial charge >= 0.3 is 0 Å². The molecule has 0 bridgehead atoms. The summed E-state index contributed by atoms with van der Waals surface area (Å²) in [7, 11) is -0.429. The second-order valence-corrected chi connectivity index (χ2v) is 11.2. The van der Waals surface area contributed by atoms with E-state index in [1.807, 2.05) is 30.3 Å². The minimum Gasteiger partial charge on any atom is -0.506 e. The van der Waals surface area contributed by atoms with Crippen LogP contribution in [0.2, 0.25) is 10.0 Å². The monoisotopic (exact) mass is 568 g/mol. The SMILES string of the molecule is COc1ccc(C(Cc2ccc(Cl)c(Cl)c2)NCC(O)Cc2ccc(O)c(NS(C)(=O)=O)c2)cc1OC. The molecular formula is C26H30Cl2N2O6S. The minimum atomic E-state index is -3.57. The highest BCUT2D eigenvalue weighted by atomic mass is 35.5. The molecule has 200 valence electrons. The summed E-state index contributed by atoms with van der Waals surface area (Å²) in [4.78, 5) is 0. The summed E-state index contributed by atoms with van der Waals surface area (Å²) in [6.45, 7) is 0.232. The van der Waals surface area contributed by atoms with Gasteiger partial charge in [0.2, 0.25) is 10.0 Å². The molecule has 2 unspecified atom stereocenters. The fourth-order valence-electron chi connectivity index (χ4n) is 3.89. The molecule has 0 saturated heterocycles. The third-order valence-corrected chi connectivity index (χ3v) is 6.99. The Balaban J connectivity index is 1.78. The Labute approximate surface area is 227 Å². The molecule has 0 spiro atoms. The Kier molecular flexibility index (Phi) is 9.92. The quantitative estimate of drug-likeness (QED) is 0.236. The van der Waals surface area contributed by atoms with Crippen molar-refractivity contribution in [1.82, 2.24) is 5.32 Å². The van der Waals surface area contributed by atoms with E-state index in [9.17, 15) is 18.6 Å². The van der Waals surface area contributed by atoms with Crippen molar-refractivity contribution in [2.45, 2.75) is 25.0 Å². The van der Waals surface area contributed by atoms with Crippen molar-refractivity contribution >= 4 is 38.9 Å². The van der Waals surface area contributed by atoms with Gasteiger partial charge in [-0.1, -0.05) is 41.4 Å². The molecule has 0 fully saturated rings. The lowest BCUT2D eigenvalue weighted by Gasteiger charge is -2.23. The first kappa shape index (κ1) is 28.9. The number of phenolic OH excluding ortho intramolecular Hbond substituents is 1. The first-order valence-corrected chi connectivity index (χ1v) is 14.0. The Morgan fingerprint density at radius 2 is 1.57 bits per heavy atom. The normalized spacial score (nSPS) is 13.1. The van der Waals surface area contributed by atoms with E-state index < -0.39 is 16.1 Å². The van der Waals surface area contributed by atoms with Crippen LogP contribution in [0, 0.1) is 0 Å².